The van der Waals surface area contributed by atoms with Crippen molar-refractivity contribution >= 4 is 101 Å². The molecule has 7 heterocycles. The average molecular weight is 1270 g/mol. The Bertz CT molecular complexity index is 4160. The zero-order valence-electron chi connectivity index (χ0n) is 48.1. The number of urea groups is 2. The minimum atomic E-state index is -3.98. The van der Waals surface area contributed by atoms with E-state index in [1.54, 1.807) is 79.9 Å². The lowest BCUT2D eigenvalue weighted by Gasteiger charge is -2.24. The number of rotatable bonds is 18. The van der Waals surface area contributed by atoms with Gasteiger partial charge >= 0.3 is 12.1 Å². The molecule has 3 saturated heterocycles. The van der Waals surface area contributed by atoms with Crippen molar-refractivity contribution in [1.82, 2.24) is 49.7 Å². The molecule has 0 aliphatic carbocycles. The number of hydrogen-bond acceptors (Lipinski definition) is 22. The molecule has 4 aromatic heterocycles. The lowest BCUT2D eigenvalue weighted by Crippen LogP contribution is -2.42. The minimum absolute atomic E-state index is 0.000454. The van der Waals surface area contributed by atoms with E-state index in [-0.39, 0.29) is 55.4 Å². The molecule has 0 radical (unpaired) electrons. The quantitative estimate of drug-likeness (QED) is 0.0583. The summed E-state index contributed by atoms with van der Waals surface area (Å²) >= 11 is 0. The van der Waals surface area contributed by atoms with Crippen LogP contribution in [-0.4, -0.2) is 160 Å². The second-order valence-electron chi connectivity index (χ2n) is 20.2. The molecule has 8 aromatic rings. The van der Waals surface area contributed by atoms with E-state index in [9.17, 15) is 46.2 Å². The molecule has 0 spiro atoms. The Balaban J connectivity index is 0.000000197. The number of nitrogens with zero attached hydrogens (tertiary/aromatic N) is 8. The van der Waals surface area contributed by atoms with Crippen molar-refractivity contribution in [3.8, 4) is 11.5 Å². The standard InChI is InChI=1S/C29H32N8O8S.C26H28N8O8S/c1-5-30-26(38)22-21-23(45-29(2,3)44-21)27(43-22)37-15-33-20-24(31-14-32-25(20)37)35-28(39)34-17-7-6-8-19(13-17)46(40,41)36-16-9-11-18(42-4)12-10-16;1-3-27-24(37)21-19(35)20(36)25(42-21)34-13-30-18-22(28-12-29-23(18)34)32-26(38)31-15-5-4-6-17(11-15)43(39,40)33-14-7-9-16(41-2)10-8-14/h6-15,21-23,27,36H,5H2,1-4H3,(H,30,38)(H2,31,32,34,35,39);4-13,19-21,25,33,35-36H,3H2,1-2H3,(H,27,37)(H2,28,29,31,32,38)/t21-,22+,23-,27-;19-,20+,21-,25+/m10/s1. The third-order valence-corrected chi connectivity index (χ3v) is 16.5. The largest absolute Gasteiger partial charge is 0.497 e. The van der Waals surface area contributed by atoms with Crippen molar-refractivity contribution in [2.75, 3.05) is 58.0 Å². The van der Waals surface area contributed by atoms with E-state index >= 15 is 0 Å². The molecule has 6 amide bonds. The summed E-state index contributed by atoms with van der Waals surface area (Å²) in [7, 11) is -4.92. The van der Waals surface area contributed by atoms with Gasteiger partial charge in [-0.15, -0.1) is 0 Å². The smallest absolute Gasteiger partial charge is 0.324 e. The lowest BCUT2D eigenvalue weighted by molar-refractivity contribution is -0.197. The first kappa shape index (κ1) is 62.4. The van der Waals surface area contributed by atoms with E-state index < -0.39 is 92.9 Å². The highest BCUT2D eigenvalue weighted by Crippen LogP contribution is 2.44. The molecule has 34 heteroatoms. The maximum Gasteiger partial charge on any atom is 0.324 e. The van der Waals surface area contributed by atoms with Crippen molar-refractivity contribution in [3.63, 3.8) is 0 Å². The molecule has 11 rings (SSSR count). The fraction of sp³-hybridized carbons (Fsp3) is 0.309. The molecule has 4 aromatic carbocycles. The number of ether oxygens (including phenoxy) is 6. The van der Waals surface area contributed by atoms with E-state index in [1.165, 1.54) is 80.2 Å². The molecule has 32 nitrogen and oxygen atoms in total. The van der Waals surface area contributed by atoms with Gasteiger partial charge in [0.2, 0.25) is 0 Å². The number of aliphatic hydroxyl groups is 2. The summed E-state index contributed by atoms with van der Waals surface area (Å²) in [6.45, 7) is 7.76. The number of hydrogen-bond donors (Lipinski definition) is 10. The first-order valence-electron chi connectivity index (χ1n) is 27.2. The van der Waals surface area contributed by atoms with Crippen LogP contribution in [0.4, 0.5) is 44.0 Å². The maximum absolute atomic E-state index is 13.0. The van der Waals surface area contributed by atoms with Crippen molar-refractivity contribution in [1.29, 1.82) is 0 Å². The Kier molecular flexibility index (Phi) is 18.2. The minimum Gasteiger partial charge on any atom is -0.497 e. The number of nitrogens with one attached hydrogen (secondary N) is 8. The number of anilines is 6. The SMILES string of the molecule is CCNC(=O)[C@H]1O[C@@H](n2cnc3c(NC(=O)Nc4cccc(S(=O)(=O)Nc5ccc(OC)cc5)c4)ncnc32)[C@@H]2OC(C)(C)O[C@@H]21.CCNC(=O)[C@H]1O[C@@H](n2cnc3c(NC(=O)Nc4cccc(S(=O)(=O)Nc5ccc(OC)cc5)c4)ncnc32)[C@H](O)[C@@H]1O. The molecule has 0 unspecified atom stereocenters. The maximum atomic E-state index is 13.0. The van der Waals surface area contributed by atoms with Crippen LogP contribution in [0.5, 0.6) is 11.5 Å². The first-order valence-corrected chi connectivity index (χ1v) is 30.2. The molecule has 8 atom stereocenters. The summed E-state index contributed by atoms with van der Waals surface area (Å²) < 4.78 is 93.7. The second kappa shape index (κ2) is 26.0. The van der Waals surface area contributed by atoms with E-state index in [0.717, 1.165) is 6.33 Å². The fourth-order valence-electron chi connectivity index (χ4n) is 9.69. The highest BCUT2D eigenvalue weighted by molar-refractivity contribution is 7.93. The van der Waals surface area contributed by atoms with Gasteiger partial charge in [0.15, 0.2) is 64.4 Å². The number of aromatic nitrogens is 8. The molecule has 0 saturated carbocycles. The third-order valence-electron chi connectivity index (χ3n) is 13.7. The number of carbonyl (C=O) groups excluding carboxylic acids is 4. The topological polar surface area (TPSA) is 416 Å². The van der Waals surface area contributed by atoms with Gasteiger partial charge in [0.25, 0.3) is 31.9 Å². The molecular formula is C55H60N16O16S2. The molecule has 3 aliphatic heterocycles. The summed E-state index contributed by atoms with van der Waals surface area (Å²) in [6.07, 6.45) is -3.39. The fourth-order valence-corrected chi connectivity index (χ4v) is 11.9. The number of aliphatic hydroxyl groups excluding tert-OH is 2. The summed E-state index contributed by atoms with van der Waals surface area (Å²) in [5, 5.41) is 36.6. The predicted molar refractivity (Wildman–Crippen MR) is 317 cm³/mol. The third kappa shape index (κ3) is 13.7. The number of imidazole rings is 2. The van der Waals surface area contributed by atoms with Gasteiger partial charge in [0, 0.05) is 35.8 Å². The van der Waals surface area contributed by atoms with Gasteiger partial charge in [-0.3, -0.25) is 38.8 Å². The van der Waals surface area contributed by atoms with E-state index in [1.807, 2.05) is 6.92 Å². The molecule has 3 aliphatic rings. The van der Waals surface area contributed by atoms with Crippen molar-refractivity contribution in [3.05, 3.63) is 122 Å². The molecule has 10 N–H and O–H groups in total. The van der Waals surface area contributed by atoms with E-state index in [0.29, 0.717) is 41.6 Å². The van der Waals surface area contributed by atoms with Gasteiger partial charge < -0.3 is 59.9 Å². The Hall–Kier alpha value is -9.68. The van der Waals surface area contributed by atoms with Gasteiger partial charge in [0.05, 0.1) is 36.7 Å². The van der Waals surface area contributed by atoms with Crippen LogP contribution >= 0.6 is 0 Å². The molecule has 0 bridgehead atoms. The van der Waals surface area contributed by atoms with E-state index in [4.69, 9.17) is 28.4 Å². The van der Waals surface area contributed by atoms with Crippen LogP contribution in [0.3, 0.4) is 0 Å². The van der Waals surface area contributed by atoms with Crippen LogP contribution < -0.4 is 50.8 Å². The van der Waals surface area contributed by atoms with Gasteiger partial charge in [-0.25, -0.2) is 56.3 Å². The van der Waals surface area contributed by atoms with Crippen LogP contribution in [0.15, 0.2) is 132 Å². The highest BCUT2D eigenvalue weighted by Gasteiger charge is 2.58. The van der Waals surface area contributed by atoms with Crippen LogP contribution in [0.25, 0.3) is 22.3 Å². The number of methoxy groups -OCH3 is 2. The summed E-state index contributed by atoms with van der Waals surface area (Å²) in [4.78, 5) is 76.0. The van der Waals surface area contributed by atoms with Crippen LogP contribution in [0.2, 0.25) is 0 Å². The monoisotopic (exact) mass is 1260 g/mol. The summed E-state index contributed by atoms with van der Waals surface area (Å²) in [5.41, 5.74) is 1.91. The van der Waals surface area contributed by atoms with Crippen LogP contribution in [0.1, 0.15) is 40.2 Å². The Morgan fingerprint density at radius 2 is 0.989 bits per heavy atom. The van der Waals surface area contributed by atoms with Crippen molar-refractivity contribution < 1.29 is 74.6 Å². The lowest BCUT2D eigenvalue weighted by atomic mass is 10.1. The number of benzene rings is 4. The van der Waals surface area contributed by atoms with Gasteiger partial charge in [-0.05, 0) is 113 Å². The van der Waals surface area contributed by atoms with Crippen LogP contribution in [-0.2, 0) is 48.6 Å². The number of sulfonamides is 2. The summed E-state index contributed by atoms with van der Waals surface area (Å²) in [6, 6.07) is 22.7. The number of fused-ring (bicyclic) bond motifs is 3. The first-order chi connectivity index (χ1) is 42.6. The van der Waals surface area contributed by atoms with Gasteiger partial charge in [0.1, 0.15) is 48.6 Å². The Morgan fingerprint density at radius 1 is 0.551 bits per heavy atom. The zero-order chi connectivity index (χ0) is 63.4. The Labute approximate surface area is 507 Å². The Morgan fingerprint density at radius 3 is 1.45 bits per heavy atom. The normalized spacial score (nSPS) is 20.9. The van der Waals surface area contributed by atoms with E-state index in [2.05, 4.69) is 71.2 Å². The number of carbonyl (C=O) groups is 4. The zero-order valence-corrected chi connectivity index (χ0v) is 49.7. The van der Waals surface area contributed by atoms with Crippen LogP contribution in [0, 0.1) is 0 Å². The molecule has 468 valence electrons. The van der Waals surface area contributed by atoms with Crippen molar-refractivity contribution in [2.45, 2.75) is 92.4 Å². The number of likely N-dealkylation sites (N-methyl/N-ethyl adjacent to an activating group) is 2. The van der Waals surface area contributed by atoms with Gasteiger partial charge in [-0.1, -0.05) is 12.1 Å². The summed E-state index contributed by atoms with van der Waals surface area (Å²) in [5.74, 6) is -0.609. The molecule has 3 fully saturated rings. The second-order valence-corrected chi connectivity index (χ2v) is 23.6. The molecular weight excluding hydrogens is 1200 g/mol. The van der Waals surface area contributed by atoms with Crippen molar-refractivity contribution in [2.24, 2.45) is 0 Å². The molecule has 89 heavy (non-hydrogen) atoms. The average Bonchev–Trinajstić information content (AvgIpc) is 1.60. The predicted octanol–water partition coefficient (Wildman–Crippen LogP) is 3.87. The van der Waals surface area contributed by atoms with Gasteiger partial charge in [-0.2, -0.15) is 0 Å². The number of amides is 6. The highest BCUT2D eigenvalue weighted by atomic mass is 32.2.